The molecule has 1 aromatic carbocycles. The van der Waals surface area contributed by atoms with Crippen LogP contribution in [0, 0.1) is 0 Å². The first kappa shape index (κ1) is 13.2. The quantitative estimate of drug-likeness (QED) is 0.910. The Morgan fingerprint density at radius 1 is 1.38 bits per heavy atom. The fourth-order valence-electron chi connectivity index (χ4n) is 1.09. The molecule has 1 amide bonds. The number of amides is 1. The van der Waals surface area contributed by atoms with Crippen LogP contribution in [0.25, 0.3) is 0 Å². The summed E-state index contributed by atoms with van der Waals surface area (Å²) >= 11 is 3.25. The number of carbonyl (C=O) groups is 1. The van der Waals surface area contributed by atoms with E-state index in [1.807, 2.05) is 0 Å². The Kier molecular flexibility index (Phi) is 4.49. The molecular weight excluding hydrogens is 294 g/mol. The zero-order valence-electron chi connectivity index (χ0n) is 8.73. The molecule has 88 valence electrons. The number of hydrogen-bond donors (Lipinski definition) is 1. The number of nitrogens with one attached hydrogen (secondary N) is 1. The second-order valence-corrected chi connectivity index (χ2v) is 6.48. The van der Waals surface area contributed by atoms with Crippen LogP contribution >= 0.6 is 15.9 Å². The van der Waals surface area contributed by atoms with Crippen molar-refractivity contribution in [3.8, 4) is 0 Å². The minimum Gasteiger partial charge on any atom is -0.351 e. The van der Waals surface area contributed by atoms with Gasteiger partial charge in [-0.2, -0.15) is 0 Å². The molecule has 0 aliphatic rings. The van der Waals surface area contributed by atoms with Crippen molar-refractivity contribution in [2.24, 2.45) is 0 Å². The van der Waals surface area contributed by atoms with Crippen LogP contribution in [0.15, 0.2) is 28.7 Å². The maximum absolute atomic E-state index is 11.6. The van der Waals surface area contributed by atoms with E-state index in [1.54, 1.807) is 24.3 Å². The summed E-state index contributed by atoms with van der Waals surface area (Å²) in [4.78, 5) is 11.6. The van der Waals surface area contributed by atoms with E-state index in [0.717, 1.165) is 6.26 Å². The molecule has 0 aliphatic carbocycles. The molecule has 0 unspecified atom stereocenters. The van der Waals surface area contributed by atoms with Crippen molar-refractivity contribution in [2.45, 2.75) is 0 Å². The van der Waals surface area contributed by atoms with E-state index in [4.69, 9.17) is 0 Å². The third-order valence-electron chi connectivity index (χ3n) is 1.88. The highest BCUT2D eigenvalue weighted by molar-refractivity contribution is 9.10. The molecule has 0 aliphatic heterocycles. The predicted octanol–water partition coefficient (Wildman–Crippen LogP) is 1.22. The maximum atomic E-state index is 11.6. The first-order valence-electron chi connectivity index (χ1n) is 4.60. The standard InChI is InChI=1S/C10H12BrNO3S/c1-16(14,15)7-6-12-10(13)8-4-2-3-5-9(8)11/h2-5H,6-7H2,1H3,(H,12,13). The van der Waals surface area contributed by atoms with Crippen molar-refractivity contribution >= 4 is 31.7 Å². The Morgan fingerprint density at radius 3 is 2.56 bits per heavy atom. The molecule has 6 heteroatoms. The molecule has 1 aromatic rings. The number of rotatable bonds is 4. The van der Waals surface area contributed by atoms with Crippen molar-refractivity contribution in [1.82, 2.24) is 5.32 Å². The van der Waals surface area contributed by atoms with Gasteiger partial charge < -0.3 is 5.32 Å². The third-order valence-corrected chi connectivity index (χ3v) is 3.51. The van der Waals surface area contributed by atoms with Crippen LogP contribution in [0.4, 0.5) is 0 Å². The van der Waals surface area contributed by atoms with Gasteiger partial charge in [0, 0.05) is 17.3 Å². The maximum Gasteiger partial charge on any atom is 0.252 e. The highest BCUT2D eigenvalue weighted by Gasteiger charge is 2.09. The summed E-state index contributed by atoms with van der Waals surface area (Å²) in [6, 6.07) is 6.97. The topological polar surface area (TPSA) is 63.2 Å². The summed E-state index contributed by atoms with van der Waals surface area (Å²) in [6.45, 7) is 0.124. The fourth-order valence-corrected chi connectivity index (χ4v) is 2.03. The molecule has 0 saturated heterocycles. The van der Waals surface area contributed by atoms with Crippen molar-refractivity contribution < 1.29 is 13.2 Å². The van der Waals surface area contributed by atoms with Crippen LogP contribution in [0.5, 0.6) is 0 Å². The fraction of sp³-hybridized carbons (Fsp3) is 0.300. The van der Waals surface area contributed by atoms with Gasteiger partial charge >= 0.3 is 0 Å². The van der Waals surface area contributed by atoms with Crippen molar-refractivity contribution in [1.29, 1.82) is 0 Å². The monoisotopic (exact) mass is 305 g/mol. The minimum atomic E-state index is -3.04. The number of sulfone groups is 1. The van der Waals surface area contributed by atoms with Crippen molar-refractivity contribution in [3.63, 3.8) is 0 Å². The summed E-state index contributed by atoms with van der Waals surface area (Å²) in [5.74, 6) is -0.334. The van der Waals surface area contributed by atoms with E-state index in [2.05, 4.69) is 21.2 Å². The molecule has 0 aromatic heterocycles. The van der Waals surface area contributed by atoms with Crippen LogP contribution in [0.3, 0.4) is 0 Å². The molecular formula is C10H12BrNO3S. The lowest BCUT2D eigenvalue weighted by Gasteiger charge is -2.05. The molecule has 0 heterocycles. The van der Waals surface area contributed by atoms with E-state index in [1.165, 1.54) is 0 Å². The lowest BCUT2D eigenvalue weighted by molar-refractivity contribution is 0.0955. The third kappa shape index (κ3) is 4.32. The largest absolute Gasteiger partial charge is 0.351 e. The number of halogens is 1. The van der Waals surface area contributed by atoms with Gasteiger partial charge in [0.15, 0.2) is 0 Å². The summed E-state index contributed by atoms with van der Waals surface area (Å²) in [7, 11) is -3.04. The normalized spacial score (nSPS) is 11.1. The van der Waals surface area contributed by atoms with Gasteiger partial charge in [0.1, 0.15) is 9.84 Å². The molecule has 0 fully saturated rings. The molecule has 1 rings (SSSR count). The van der Waals surface area contributed by atoms with E-state index >= 15 is 0 Å². The van der Waals surface area contributed by atoms with Gasteiger partial charge in [-0.25, -0.2) is 8.42 Å². The van der Waals surface area contributed by atoms with E-state index < -0.39 is 9.84 Å². The summed E-state index contributed by atoms with van der Waals surface area (Å²) in [6.07, 6.45) is 1.14. The Balaban J connectivity index is 2.57. The zero-order chi connectivity index (χ0) is 12.2. The molecule has 0 bridgehead atoms. The van der Waals surface area contributed by atoms with Gasteiger partial charge in [-0.3, -0.25) is 4.79 Å². The predicted molar refractivity (Wildman–Crippen MR) is 66.2 cm³/mol. The number of hydrogen-bond acceptors (Lipinski definition) is 3. The van der Waals surface area contributed by atoms with E-state index in [0.29, 0.717) is 10.0 Å². The summed E-state index contributed by atoms with van der Waals surface area (Å²) < 4.78 is 22.4. The van der Waals surface area contributed by atoms with Gasteiger partial charge in [-0.1, -0.05) is 12.1 Å². The van der Waals surface area contributed by atoms with Crippen LogP contribution in [0.1, 0.15) is 10.4 Å². The molecule has 0 atom stereocenters. The molecule has 4 nitrogen and oxygen atoms in total. The Bertz CT molecular complexity index is 485. The number of benzene rings is 1. The first-order valence-corrected chi connectivity index (χ1v) is 7.46. The molecule has 1 N–H and O–H groups in total. The van der Waals surface area contributed by atoms with Gasteiger partial charge in [0.05, 0.1) is 11.3 Å². The second-order valence-electron chi connectivity index (χ2n) is 3.37. The Morgan fingerprint density at radius 2 is 2.00 bits per heavy atom. The first-order chi connectivity index (χ1) is 7.40. The molecule has 16 heavy (non-hydrogen) atoms. The van der Waals surface area contributed by atoms with E-state index in [9.17, 15) is 13.2 Å². The Labute approximate surface area is 103 Å². The zero-order valence-corrected chi connectivity index (χ0v) is 11.1. The molecule has 0 spiro atoms. The van der Waals surface area contributed by atoms with Crippen LogP contribution in [-0.2, 0) is 9.84 Å². The van der Waals surface area contributed by atoms with Gasteiger partial charge in [-0.15, -0.1) is 0 Å². The SMILES string of the molecule is CS(=O)(=O)CCNC(=O)c1ccccc1Br. The van der Waals surface area contributed by atoms with Crippen LogP contribution in [-0.4, -0.2) is 32.9 Å². The lowest BCUT2D eigenvalue weighted by atomic mass is 10.2. The van der Waals surface area contributed by atoms with Crippen LogP contribution < -0.4 is 5.32 Å². The average Bonchev–Trinajstić information content (AvgIpc) is 2.16. The second kappa shape index (κ2) is 5.45. The smallest absolute Gasteiger partial charge is 0.252 e. The minimum absolute atomic E-state index is 0.0524. The summed E-state index contributed by atoms with van der Waals surface area (Å²) in [5.41, 5.74) is 0.496. The molecule has 0 radical (unpaired) electrons. The number of carbonyl (C=O) groups excluding carboxylic acids is 1. The van der Waals surface area contributed by atoms with Crippen molar-refractivity contribution in [2.75, 3.05) is 18.6 Å². The van der Waals surface area contributed by atoms with Crippen molar-refractivity contribution in [3.05, 3.63) is 34.3 Å². The van der Waals surface area contributed by atoms with Crippen LogP contribution in [0.2, 0.25) is 0 Å². The highest BCUT2D eigenvalue weighted by atomic mass is 79.9. The molecule has 0 saturated carbocycles. The van der Waals surface area contributed by atoms with Gasteiger partial charge in [-0.05, 0) is 28.1 Å². The Hall–Kier alpha value is -0.880. The average molecular weight is 306 g/mol. The van der Waals surface area contributed by atoms with Gasteiger partial charge in [0.25, 0.3) is 5.91 Å². The van der Waals surface area contributed by atoms with Gasteiger partial charge in [0.2, 0.25) is 0 Å². The van der Waals surface area contributed by atoms with E-state index in [-0.39, 0.29) is 18.2 Å². The lowest BCUT2D eigenvalue weighted by Crippen LogP contribution is -2.28. The highest BCUT2D eigenvalue weighted by Crippen LogP contribution is 2.15. The summed E-state index contributed by atoms with van der Waals surface area (Å²) in [5, 5.41) is 2.55.